The molecule has 0 bridgehead atoms. The fourth-order valence-electron chi connectivity index (χ4n) is 1.08. The van der Waals surface area contributed by atoms with Crippen LogP contribution in [0.4, 0.5) is 4.79 Å². The van der Waals surface area contributed by atoms with E-state index in [9.17, 15) is 4.79 Å². The summed E-state index contributed by atoms with van der Waals surface area (Å²) < 4.78 is 9.96. The van der Waals surface area contributed by atoms with E-state index in [2.05, 4.69) is 11.7 Å². The van der Waals surface area contributed by atoms with E-state index in [4.69, 9.17) is 9.84 Å². The first-order valence-electron chi connectivity index (χ1n) is 5.18. The third kappa shape index (κ3) is 7.86. The first kappa shape index (κ1) is 13.2. The summed E-state index contributed by atoms with van der Waals surface area (Å²) in [5.74, 6) is 0. The van der Waals surface area contributed by atoms with E-state index < -0.39 is 6.16 Å². The molecule has 4 nitrogen and oxygen atoms in total. The first-order chi connectivity index (χ1) is 6.70. The Labute approximate surface area is 85.2 Å². The summed E-state index contributed by atoms with van der Waals surface area (Å²) in [6.45, 7) is 5.11. The summed E-state index contributed by atoms with van der Waals surface area (Å²) in [5.41, 5.74) is 0. The Kier molecular flexibility index (Phi) is 8.33. The van der Waals surface area contributed by atoms with Crippen molar-refractivity contribution in [2.24, 2.45) is 0 Å². The van der Waals surface area contributed by atoms with Crippen molar-refractivity contribution in [3.63, 3.8) is 0 Å². The van der Waals surface area contributed by atoms with Gasteiger partial charge in [0.15, 0.2) is 0 Å². The molecule has 0 aromatic rings. The van der Waals surface area contributed by atoms with Crippen LogP contribution in [0.15, 0.2) is 0 Å². The maximum Gasteiger partial charge on any atom is 0.505 e. The highest BCUT2D eigenvalue weighted by atomic mass is 16.7. The molecule has 0 aromatic carbocycles. The monoisotopic (exact) mass is 204 g/mol. The van der Waals surface area contributed by atoms with Gasteiger partial charge >= 0.3 is 6.16 Å². The van der Waals surface area contributed by atoms with Gasteiger partial charge < -0.3 is 14.6 Å². The molecule has 0 amide bonds. The summed E-state index contributed by atoms with van der Waals surface area (Å²) in [4.78, 5) is 10.1. The summed E-state index contributed by atoms with van der Waals surface area (Å²) in [6.07, 6.45) is 2.62. The van der Waals surface area contributed by atoms with Crippen LogP contribution < -0.4 is 0 Å². The molecule has 84 valence electrons. The standard InChI is InChI=1S/C10H20O4/c1-3-5-7-13-9(4-2)6-8-14-10(11)12/h9H,3-8H2,1-2H3,(H,11,12). The smallest absolute Gasteiger partial charge is 0.450 e. The van der Waals surface area contributed by atoms with Crippen molar-refractivity contribution in [3.05, 3.63) is 0 Å². The molecule has 0 aromatic heterocycles. The Balaban J connectivity index is 3.42. The number of carbonyl (C=O) groups is 1. The average molecular weight is 204 g/mol. The quantitative estimate of drug-likeness (QED) is 0.488. The minimum Gasteiger partial charge on any atom is -0.450 e. The van der Waals surface area contributed by atoms with Gasteiger partial charge in [-0.15, -0.1) is 0 Å². The lowest BCUT2D eigenvalue weighted by Gasteiger charge is -2.15. The zero-order valence-electron chi connectivity index (χ0n) is 8.99. The Bertz CT molecular complexity index is 147. The van der Waals surface area contributed by atoms with E-state index in [1.54, 1.807) is 0 Å². The fraction of sp³-hybridized carbons (Fsp3) is 0.900. The molecule has 0 fully saturated rings. The second-order valence-electron chi connectivity index (χ2n) is 3.16. The van der Waals surface area contributed by atoms with Crippen molar-refractivity contribution in [2.75, 3.05) is 13.2 Å². The fourth-order valence-corrected chi connectivity index (χ4v) is 1.08. The Hall–Kier alpha value is -0.770. The summed E-state index contributed by atoms with van der Waals surface area (Å²) in [6, 6.07) is 0. The lowest BCUT2D eigenvalue weighted by atomic mass is 10.2. The van der Waals surface area contributed by atoms with Gasteiger partial charge in [-0.05, 0) is 12.8 Å². The van der Waals surface area contributed by atoms with Crippen LogP contribution in [-0.4, -0.2) is 30.6 Å². The highest BCUT2D eigenvalue weighted by Crippen LogP contribution is 2.05. The maximum absolute atomic E-state index is 10.1. The molecule has 0 aliphatic heterocycles. The van der Waals surface area contributed by atoms with Gasteiger partial charge in [0.05, 0.1) is 12.7 Å². The largest absolute Gasteiger partial charge is 0.505 e. The highest BCUT2D eigenvalue weighted by Gasteiger charge is 2.07. The van der Waals surface area contributed by atoms with Crippen LogP contribution in [-0.2, 0) is 9.47 Å². The van der Waals surface area contributed by atoms with E-state index in [1.165, 1.54) is 0 Å². The van der Waals surface area contributed by atoms with Gasteiger partial charge in [-0.1, -0.05) is 20.3 Å². The molecular weight excluding hydrogens is 184 g/mol. The first-order valence-corrected chi connectivity index (χ1v) is 5.18. The van der Waals surface area contributed by atoms with E-state index >= 15 is 0 Å². The molecule has 1 atom stereocenters. The van der Waals surface area contributed by atoms with Gasteiger partial charge in [-0.25, -0.2) is 4.79 Å². The van der Waals surface area contributed by atoms with Gasteiger partial charge in [-0.2, -0.15) is 0 Å². The normalized spacial score (nSPS) is 12.4. The number of unbranched alkanes of at least 4 members (excludes halogenated alkanes) is 1. The minimum atomic E-state index is -1.21. The van der Waals surface area contributed by atoms with Crippen LogP contribution in [0.3, 0.4) is 0 Å². The number of rotatable bonds is 8. The lowest BCUT2D eigenvalue weighted by molar-refractivity contribution is 0.0214. The van der Waals surface area contributed by atoms with Crippen LogP contribution in [0.25, 0.3) is 0 Å². The van der Waals surface area contributed by atoms with E-state index in [0.717, 1.165) is 25.9 Å². The molecule has 4 heteroatoms. The highest BCUT2D eigenvalue weighted by molar-refractivity contribution is 5.56. The number of carboxylic acid groups (broad SMARTS) is 1. The summed E-state index contributed by atoms with van der Waals surface area (Å²) in [7, 11) is 0. The summed E-state index contributed by atoms with van der Waals surface area (Å²) in [5, 5.41) is 8.25. The molecule has 0 saturated carbocycles. The molecule has 0 aliphatic rings. The zero-order chi connectivity index (χ0) is 10.8. The Morgan fingerprint density at radius 2 is 2.07 bits per heavy atom. The van der Waals surface area contributed by atoms with Crippen molar-refractivity contribution >= 4 is 6.16 Å². The van der Waals surface area contributed by atoms with Gasteiger partial charge in [0.2, 0.25) is 0 Å². The molecule has 1 N–H and O–H groups in total. The predicted molar refractivity (Wildman–Crippen MR) is 53.5 cm³/mol. The molecular formula is C10H20O4. The molecule has 0 aliphatic carbocycles. The Morgan fingerprint density at radius 1 is 1.36 bits per heavy atom. The van der Waals surface area contributed by atoms with Crippen molar-refractivity contribution in [3.8, 4) is 0 Å². The van der Waals surface area contributed by atoms with E-state index in [1.807, 2.05) is 6.92 Å². The third-order valence-electron chi connectivity index (χ3n) is 1.97. The molecule has 0 rings (SSSR count). The van der Waals surface area contributed by atoms with E-state index in [0.29, 0.717) is 6.42 Å². The van der Waals surface area contributed by atoms with Gasteiger partial charge in [-0.3, -0.25) is 0 Å². The van der Waals surface area contributed by atoms with Crippen LogP contribution >= 0.6 is 0 Å². The van der Waals surface area contributed by atoms with Crippen LogP contribution in [0.2, 0.25) is 0 Å². The van der Waals surface area contributed by atoms with Crippen molar-refractivity contribution in [1.29, 1.82) is 0 Å². The van der Waals surface area contributed by atoms with E-state index in [-0.39, 0.29) is 12.7 Å². The lowest BCUT2D eigenvalue weighted by Crippen LogP contribution is -2.16. The number of hydrogen-bond acceptors (Lipinski definition) is 3. The topological polar surface area (TPSA) is 55.8 Å². The average Bonchev–Trinajstić information content (AvgIpc) is 2.15. The SMILES string of the molecule is CCCCOC(CC)CCOC(=O)O. The molecule has 1 unspecified atom stereocenters. The third-order valence-corrected chi connectivity index (χ3v) is 1.97. The molecule has 14 heavy (non-hydrogen) atoms. The van der Waals surface area contributed by atoms with Gasteiger partial charge in [0, 0.05) is 13.0 Å². The van der Waals surface area contributed by atoms with Crippen LogP contribution in [0, 0.1) is 0 Å². The van der Waals surface area contributed by atoms with Crippen molar-refractivity contribution in [1.82, 2.24) is 0 Å². The minimum absolute atomic E-state index is 0.126. The molecule has 0 radical (unpaired) electrons. The summed E-state index contributed by atoms with van der Waals surface area (Å²) >= 11 is 0. The van der Waals surface area contributed by atoms with Crippen molar-refractivity contribution in [2.45, 2.75) is 45.6 Å². The van der Waals surface area contributed by atoms with Crippen LogP contribution in [0.5, 0.6) is 0 Å². The Morgan fingerprint density at radius 3 is 2.57 bits per heavy atom. The number of hydrogen-bond donors (Lipinski definition) is 1. The molecule has 0 saturated heterocycles. The van der Waals surface area contributed by atoms with Crippen LogP contribution in [0.1, 0.15) is 39.5 Å². The van der Waals surface area contributed by atoms with Gasteiger partial charge in [0.1, 0.15) is 0 Å². The predicted octanol–water partition coefficient (Wildman–Crippen LogP) is 2.67. The van der Waals surface area contributed by atoms with Crippen molar-refractivity contribution < 1.29 is 19.4 Å². The zero-order valence-corrected chi connectivity index (χ0v) is 8.99. The second-order valence-corrected chi connectivity index (χ2v) is 3.16. The van der Waals surface area contributed by atoms with Gasteiger partial charge in [0.25, 0.3) is 0 Å². The number of ether oxygens (including phenoxy) is 2. The maximum atomic E-state index is 10.1. The molecule has 0 spiro atoms. The second kappa shape index (κ2) is 8.81. The molecule has 0 heterocycles.